The smallest absolute Gasteiger partial charge is 0.453 e. The third kappa shape index (κ3) is 5.18. The SMILES string of the molecule is Nn1c(SCCCOc2cccc(C(F)(F)F)c2)nnc1C(F)(F)F. The molecule has 0 unspecified atom stereocenters. The number of aromatic nitrogens is 3. The van der Waals surface area contributed by atoms with Crippen LogP contribution in [0.15, 0.2) is 29.4 Å². The van der Waals surface area contributed by atoms with E-state index in [0.717, 1.165) is 23.9 Å². The number of rotatable bonds is 6. The molecule has 25 heavy (non-hydrogen) atoms. The van der Waals surface area contributed by atoms with E-state index in [9.17, 15) is 26.3 Å². The molecule has 0 aliphatic heterocycles. The Kier molecular flexibility index (Phi) is 5.70. The van der Waals surface area contributed by atoms with E-state index in [-0.39, 0.29) is 17.5 Å². The van der Waals surface area contributed by atoms with Gasteiger partial charge in [0.15, 0.2) is 0 Å². The number of nitrogen functional groups attached to an aromatic ring is 1. The van der Waals surface area contributed by atoms with Crippen LogP contribution in [0, 0.1) is 0 Å². The molecule has 0 aliphatic rings. The summed E-state index contributed by atoms with van der Waals surface area (Å²) in [6, 6.07) is 4.41. The molecule has 2 rings (SSSR count). The van der Waals surface area contributed by atoms with Crippen LogP contribution in [-0.2, 0) is 12.4 Å². The van der Waals surface area contributed by atoms with Crippen molar-refractivity contribution in [1.82, 2.24) is 14.9 Å². The van der Waals surface area contributed by atoms with Crippen LogP contribution in [0.4, 0.5) is 26.3 Å². The largest absolute Gasteiger partial charge is 0.494 e. The second-order valence-corrected chi connectivity index (χ2v) is 5.81. The topological polar surface area (TPSA) is 66.0 Å². The Morgan fingerprint density at radius 2 is 1.80 bits per heavy atom. The Morgan fingerprint density at radius 3 is 2.40 bits per heavy atom. The van der Waals surface area contributed by atoms with Crippen molar-refractivity contribution in [2.75, 3.05) is 18.2 Å². The lowest BCUT2D eigenvalue weighted by molar-refractivity contribution is -0.146. The van der Waals surface area contributed by atoms with Crippen LogP contribution in [0.25, 0.3) is 0 Å². The van der Waals surface area contributed by atoms with Crippen molar-refractivity contribution in [2.24, 2.45) is 0 Å². The fourth-order valence-corrected chi connectivity index (χ4v) is 2.51. The van der Waals surface area contributed by atoms with Crippen LogP contribution in [0.1, 0.15) is 17.8 Å². The first kappa shape index (κ1) is 19.2. The van der Waals surface area contributed by atoms with Gasteiger partial charge in [0.05, 0.1) is 12.2 Å². The molecule has 0 atom stereocenters. The van der Waals surface area contributed by atoms with Gasteiger partial charge in [0.1, 0.15) is 5.75 Å². The molecule has 0 spiro atoms. The summed E-state index contributed by atoms with van der Waals surface area (Å²) >= 11 is 0.931. The number of benzene rings is 1. The van der Waals surface area contributed by atoms with Gasteiger partial charge in [-0.3, -0.25) is 0 Å². The normalized spacial score (nSPS) is 12.4. The van der Waals surface area contributed by atoms with E-state index in [1.165, 1.54) is 12.1 Å². The van der Waals surface area contributed by atoms with Gasteiger partial charge in [0.25, 0.3) is 5.82 Å². The van der Waals surface area contributed by atoms with Crippen LogP contribution in [-0.4, -0.2) is 27.2 Å². The maximum absolute atomic E-state index is 12.6. The number of ether oxygens (including phenoxy) is 1. The van der Waals surface area contributed by atoms with Gasteiger partial charge < -0.3 is 10.6 Å². The molecule has 0 saturated carbocycles. The van der Waals surface area contributed by atoms with E-state index in [0.29, 0.717) is 16.8 Å². The number of hydrogen-bond donors (Lipinski definition) is 1. The summed E-state index contributed by atoms with van der Waals surface area (Å²) < 4.78 is 80.7. The number of nitrogens with zero attached hydrogens (tertiary/aromatic N) is 3. The van der Waals surface area contributed by atoms with Gasteiger partial charge in [0, 0.05) is 5.75 Å². The fraction of sp³-hybridized carbons (Fsp3) is 0.385. The quantitative estimate of drug-likeness (QED) is 0.356. The van der Waals surface area contributed by atoms with Crippen molar-refractivity contribution >= 4 is 11.8 Å². The van der Waals surface area contributed by atoms with Gasteiger partial charge in [0.2, 0.25) is 5.16 Å². The Morgan fingerprint density at radius 1 is 1.08 bits per heavy atom. The lowest BCUT2D eigenvalue weighted by Gasteiger charge is -2.10. The summed E-state index contributed by atoms with van der Waals surface area (Å²) in [6.07, 6.45) is -8.81. The van der Waals surface area contributed by atoms with Crippen LogP contribution >= 0.6 is 11.8 Å². The molecule has 0 aliphatic carbocycles. The summed E-state index contributed by atoms with van der Waals surface area (Å²) in [5.41, 5.74) is -0.824. The van der Waals surface area contributed by atoms with E-state index < -0.39 is 23.7 Å². The van der Waals surface area contributed by atoms with Gasteiger partial charge in [-0.2, -0.15) is 26.3 Å². The lowest BCUT2D eigenvalue weighted by Crippen LogP contribution is -2.21. The molecule has 2 N–H and O–H groups in total. The average Bonchev–Trinajstić information content (AvgIpc) is 2.87. The molecule has 138 valence electrons. The molecule has 0 amide bonds. The van der Waals surface area contributed by atoms with Crippen LogP contribution < -0.4 is 10.6 Å². The maximum atomic E-state index is 12.6. The molecule has 0 fully saturated rings. The van der Waals surface area contributed by atoms with Crippen molar-refractivity contribution in [3.8, 4) is 5.75 Å². The third-order valence-corrected chi connectivity index (χ3v) is 3.90. The number of halogens is 6. The van der Waals surface area contributed by atoms with Crippen molar-refractivity contribution in [3.63, 3.8) is 0 Å². The highest BCUT2D eigenvalue weighted by Crippen LogP contribution is 2.31. The Bertz CT molecular complexity index is 715. The van der Waals surface area contributed by atoms with Gasteiger partial charge in [-0.05, 0) is 24.6 Å². The Balaban J connectivity index is 1.80. The predicted octanol–water partition coefficient (Wildman–Crippen LogP) is 3.59. The summed E-state index contributed by atoms with van der Waals surface area (Å²) in [5.74, 6) is 4.31. The van der Waals surface area contributed by atoms with Gasteiger partial charge in [-0.1, -0.05) is 17.8 Å². The Hall–Kier alpha value is -2.11. The van der Waals surface area contributed by atoms with Crippen LogP contribution in [0.2, 0.25) is 0 Å². The van der Waals surface area contributed by atoms with Crippen LogP contribution in [0.3, 0.4) is 0 Å². The number of thioether (sulfide) groups is 1. The minimum Gasteiger partial charge on any atom is -0.494 e. The molecule has 0 saturated heterocycles. The standard InChI is InChI=1S/C13H12F6N4OS/c14-12(15,16)8-3-1-4-9(7-8)24-5-2-6-25-11-22-21-10(23(11)20)13(17,18)19/h1,3-4,7H,2,5-6,20H2. The molecular formula is C13H12F6N4OS. The van der Waals surface area contributed by atoms with Gasteiger partial charge in [-0.25, -0.2) is 4.68 Å². The predicted molar refractivity (Wildman–Crippen MR) is 77.5 cm³/mol. The van der Waals surface area contributed by atoms with Gasteiger partial charge in [-0.15, -0.1) is 10.2 Å². The second-order valence-electron chi connectivity index (χ2n) is 4.75. The van der Waals surface area contributed by atoms with Gasteiger partial charge >= 0.3 is 12.4 Å². The first-order chi connectivity index (χ1) is 11.6. The van der Waals surface area contributed by atoms with E-state index in [1.54, 1.807) is 0 Å². The zero-order valence-corrected chi connectivity index (χ0v) is 13.3. The van der Waals surface area contributed by atoms with Crippen molar-refractivity contribution in [1.29, 1.82) is 0 Å². The molecule has 5 nitrogen and oxygen atoms in total. The molecule has 12 heteroatoms. The minimum atomic E-state index is -4.70. The lowest BCUT2D eigenvalue weighted by atomic mass is 10.2. The zero-order chi connectivity index (χ0) is 18.7. The molecule has 1 heterocycles. The highest BCUT2D eigenvalue weighted by atomic mass is 32.2. The van der Waals surface area contributed by atoms with E-state index in [1.807, 2.05) is 0 Å². The van der Waals surface area contributed by atoms with Crippen LogP contribution in [0.5, 0.6) is 5.75 Å². The monoisotopic (exact) mass is 386 g/mol. The number of alkyl halides is 6. The average molecular weight is 386 g/mol. The van der Waals surface area contributed by atoms with E-state index in [4.69, 9.17) is 10.6 Å². The maximum Gasteiger partial charge on any atom is 0.453 e. The minimum absolute atomic E-state index is 0.0566. The van der Waals surface area contributed by atoms with E-state index in [2.05, 4.69) is 10.2 Å². The second kappa shape index (κ2) is 7.42. The molecule has 0 bridgehead atoms. The molecular weight excluding hydrogens is 374 g/mol. The molecule has 2 aromatic rings. The summed E-state index contributed by atoms with van der Waals surface area (Å²) in [4.78, 5) is 0. The number of nitrogens with two attached hydrogens (primary N) is 1. The fourth-order valence-electron chi connectivity index (χ4n) is 1.74. The first-order valence-corrected chi connectivity index (χ1v) is 7.78. The summed E-state index contributed by atoms with van der Waals surface area (Å²) in [6.45, 7) is 0.0825. The van der Waals surface area contributed by atoms with Crippen molar-refractivity contribution in [3.05, 3.63) is 35.7 Å². The summed E-state index contributed by atoms with van der Waals surface area (Å²) in [5, 5.41) is 6.19. The molecule has 0 radical (unpaired) electrons. The first-order valence-electron chi connectivity index (χ1n) is 6.79. The molecule has 1 aromatic heterocycles. The Labute approximate surface area is 142 Å². The highest BCUT2D eigenvalue weighted by Gasteiger charge is 2.38. The third-order valence-electron chi connectivity index (χ3n) is 2.87. The number of hydrogen-bond acceptors (Lipinski definition) is 5. The zero-order valence-electron chi connectivity index (χ0n) is 12.4. The molecule has 1 aromatic carbocycles. The highest BCUT2D eigenvalue weighted by molar-refractivity contribution is 7.99. The van der Waals surface area contributed by atoms with E-state index >= 15 is 0 Å². The summed E-state index contributed by atoms with van der Waals surface area (Å²) in [7, 11) is 0. The van der Waals surface area contributed by atoms with Crippen molar-refractivity contribution < 1.29 is 31.1 Å². The van der Waals surface area contributed by atoms with Crippen molar-refractivity contribution in [2.45, 2.75) is 23.9 Å².